The zero-order valence-electron chi connectivity index (χ0n) is 5.10. The predicted octanol–water partition coefficient (Wildman–Crippen LogP) is -0.294. The fourth-order valence-corrected chi connectivity index (χ4v) is 0.761. The van der Waals surface area contributed by atoms with E-state index in [-0.39, 0.29) is 0 Å². The van der Waals surface area contributed by atoms with Crippen LogP contribution in [0.25, 0.3) is 5.65 Å². The number of anilines is 1. The molecule has 10 heavy (non-hydrogen) atoms. The first kappa shape index (κ1) is 5.16. The molecular weight excluding hydrogens is 130 g/mol. The molecule has 0 aromatic carbocycles. The van der Waals surface area contributed by atoms with Crippen molar-refractivity contribution in [3.8, 4) is 0 Å². The normalized spacial score (nSPS) is 10.4. The molecule has 0 fully saturated rings. The van der Waals surface area contributed by atoms with Gasteiger partial charge in [0.2, 0.25) is 5.95 Å². The van der Waals surface area contributed by atoms with Crippen LogP contribution in [0.5, 0.6) is 0 Å². The van der Waals surface area contributed by atoms with Crippen molar-refractivity contribution < 1.29 is 0 Å². The smallest absolute Gasteiger partial charge is 0.243 e. The van der Waals surface area contributed by atoms with Crippen LogP contribution in [0.4, 0.5) is 5.95 Å². The molecule has 0 radical (unpaired) electrons. The van der Waals surface area contributed by atoms with Crippen LogP contribution in [-0.2, 0) is 0 Å². The van der Waals surface area contributed by atoms with E-state index in [0.717, 1.165) is 0 Å². The third kappa shape index (κ3) is 0.540. The summed E-state index contributed by atoms with van der Waals surface area (Å²) in [5.41, 5.74) is 6.07. The van der Waals surface area contributed by atoms with Gasteiger partial charge in [0, 0.05) is 6.20 Å². The zero-order valence-corrected chi connectivity index (χ0v) is 5.10. The van der Waals surface area contributed by atoms with Gasteiger partial charge in [0.1, 0.15) is 0 Å². The van der Waals surface area contributed by atoms with Gasteiger partial charge in [0.15, 0.2) is 5.65 Å². The van der Waals surface area contributed by atoms with E-state index < -0.39 is 0 Å². The molecule has 5 heteroatoms. The number of nitrogens with zero attached hydrogens (tertiary/aromatic N) is 4. The highest BCUT2D eigenvalue weighted by Gasteiger charge is 1.97. The molecule has 2 rings (SSSR count). The third-order valence-electron chi connectivity index (χ3n) is 1.20. The van der Waals surface area contributed by atoms with E-state index in [0.29, 0.717) is 11.6 Å². The highest BCUT2D eigenvalue weighted by Crippen LogP contribution is 1.98. The molecule has 0 bridgehead atoms. The lowest BCUT2D eigenvalue weighted by molar-refractivity contribution is 0.940. The largest absolute Gasteiger partial charge is 0.366 e. The Morgan fingerprint density at radius 3 is 3.10 bits per heavy atom. The Balaban J connectivity index is 2.93. The first-order valence-corrected chi connectivity index (χ1v) is 2.80. The second kappa shape index (κ2) is 1.66. The number of nitrogen functional groups attached to an aromatic ring is 1. The van der Waals surface area contributed by atoms with Crippen LogP contribution < -0.4 is 5.73 Å². The van der Waals surface area contributed by atoms with E-state index in [2.05, 4.69) is 15.3 Å². The summed E-state index contributed by atoms with van der Waals surface area (Å²) in [5.74, 6) is 0.315. The van der Waals surface area contributed by atoms with E-state index in [4.69, 9.17) is 5.73 Å². The molecule has 0 amide bonds. The van der Waals surface area contributed by atoms with Crippen LogP contribution in [0.15, 0.2) is 18.3 Å². The first-order valence-electron chi connectivity index (χ1n) is 2.80. The Hall–Kier alpha value is -1.65. The summed E-state index contributed by atoms with van der Waals surface area (Å²) in [5, 5.41) is 11.3. The number of nitrogens with two attached hydrogens (primary N) is 1. The highest BCUT2D eigenvalue weighted by atomic mass is 15.4. The van der Waals surface area contributed by atoms with Gasteiger partial charge >= 0.3 is 0 Å². The lowest BCUT2D eigenvalue weighted by Gasteiger charge is -1.87. The molecule has 2 N–H and O–H groups in total. The van der Waals surface area contributed by atoms with Crippen LogP contribution >= 0.6 is 0 Å². The summed E-state index contributed by atoms with van der Waals surface area (Å²) in [6.45, 7) is 0. The van der Waals surface area contributed by atoms with Crippen molar-refractivity contribution >= 4 is 11.6 Å². The summed E-state index contributed by atoms with van der Waals surface area (Å²) in [4.78, 5) is 0. The molecule has 0 spiro atoms. The lowest BCUT2D eigenvalue weighted by Crippen LogP contribution is -1.96. The molecule has 0 aliphatic rings. The van der Waals surface area contributed by atoms with Gasteiger partial charge in [0.25, 0.3) is 0 Å². The first-order chi connectivity index (χ1) is 4.88. The summed E-state index contributed by atoms with van der Waals surface area (Å²) in [7, 11) is 0. The van der Waals surface area contributed by atoms with Crippen LogP contribution in [-0.4, -0.2) is 19.8 Å². The van der Waals surface area contributed by atoms with Crippen molar-refractivity contribution in [3.63, 3.8) is 0 Å². The van der Waals surface area contributed by atoms with Crippen molar-refractivity contribution in [1.82, 2.24) is 19.8 Å². The minimum Gasteiger partial charge on any atom is -0.366 e. The molecule has 0 unspecified atom stereocenters. The van der Waals surface area contributed by atoms with Crippen molar-refractivity contribution in [2.75, 3.05) is 5.73 Å². The second-order valence-corrected chi connectivity index (χ2v) is 1.85. The minimum atomic E-state index is 0.315. The average molecular weight is 135 g/mol. The van der Waals surface area contributed by atoms with Crippen molar-refractivity contribution in [2.45, 2.75) is 0 Å². The summed E-state index contributed by atoms with van der Waals surface area (Å²) in [6, 6.07) is 3.57. The van der Waals surface area contributed by atoms with Gasteiger partial charge in [-0.3, -0.25) is 0 Å². The van der Waals surface area contributed by atoms with Crippen molar-refractivity contribution in [1.29, 1.82) is 0 Å². The molecule has 2 aromatic heterocycles. The number of rotatable bonds is 0. The molecule has 0 saturated heterocycles. The maximum absolute atomic E-state index is 5.40. The topological polar surface area (TPSA) is 69.1 Å². The average Bonchev–Trinajstić information content (AvgIpc) is 2.34. The monoisotopic (exact) mass is 135 g/mol. The standard InChI is InChI=1S/C5H5N5/c6-5-9-8-4-2-1-3-7-10(4)5/h1-3H,(H2,6,9). The molecule has 0 atom stereocenters. The molecular formula is C5H5N5. The van der Waals surface area contributed by atoms with E-state index in [1.54, 1.807) is 18.3 Å². The third-order valence-corrected chi connectivity index (χ3v) is 1.20. The number of fused-ring (bicyclic) bond motifs is 1. The Bertz CT molecular complexity index is 352. The predicted molar refractivity (Wildman–Crippen MR) is 35.2 cm³/mol. The molecule has 2 aromatic rings. The van der Waals surface area contributed by atoms with Gasteiger partial charge in [-0.1, -0.05) is 0 Å². The lowest BCUT2D eigenvalue weighted by atomic mass is 10.6. The SMILES string of the molecule is Nc1nnc2cccnn12. The summed E-state index contributed by atoms with van der Waals surface area (Å²) in [6.07, 6.45) is 1.63. The van der Waals surface area contributed by atoms with E-state index in [1.807, 2.05) is 0 Å². The fourth-order valence-electron chi connectivity index (χ4n) is 0.761. The van der Waals surface area contributed by atoms with Gasteiger partial charge < -0.3 is 5.73 Å². The molecule has 0 aliphatic heterocycles. The summed E-state index contributed by atoms with van der Waals surface area (Å²) < 4.78 is 1.47. The molecule has 0 saturated carbocycles. The van der Waals surface area contributed by atoms with Gasteiger partial charge in [-0.25, -0.2) is 0 Å². The molecule has 2 heterocycles. The Labute approximate surface area is 56.5 Å². The van der Waals surface area contributed by atoms with E-state index in [9.17, 15) is 0 Å². The van der Waals surface area contributed by atoms with Crippen LogP contribution in [0, 0.1) is 0 Å². The minimum absolute atomic E-state index is 0.315. The molecule has 0 aliphatic carbocycles. The highest BCUT2D eigenvalue weighted by molar-refractivity contribution is 5.39. The Kier molecular flexibility index (Phi) is 0.858. The number of hydrogen-bond donors (Lipinski definition) is 1. The maximum Gasteiger partial charge on any atom is 0.243 e. The van der Waals surface area contributed by atoms with E-state index >= 15 is 0 Å². The maximum atomic E-state index is 5.40. The zero-order chi connectivity index (χ0) is 6.97. The van der Waals surface area contributed by atoms with Crippen molar-refractivity contribution in [2.24, 2.45) is 0 Å². The number of aromatic nitrogens is 4. The number of hydrogen-bond acceptors (Lipinski definition) is 4. The van der Waals surface area contributed by atoms with Crippen LogP contribution in [0.3, 0.4) is 0 Å². The second-order valence-electron chi connectivity index (χ2n) is 1.85. The Morgan fingerprint density at radius 1 is 1.40 bits per heavy atom. The quantitative estimate of drug-likeness (QED) is 0.538. The van der Waals surface area contributed by atoms with Crippen molar-refractivity contribution in [3.05, 3.63) is 18.3 Å². The van der Waals surface area contributed by atoms with Crippen LogP contribution in [0.2, 0.25) is 0 Å². The Morgan fingerprint density at radius 2 is 2.30 bits per heavy atom. The van der Waals surface area contributed by atoms with Gasteiger partial charge in [-0.05, 0) is 12.1 Å². The van der Waals surface area contributed by atoms with Gasteiger partial charge in [0.05, 0.1) is 0 Å². The summed E-state index contributed by atoms with van der Waals surface area (Å²) >= 11 is 0. The molecule has 50 valence electrons. The van der Waals surface area contributed by atoms with E-state index in [1.165, 1.54) is 4.52 Å². The van der Waals surface area contributed by atoms with Gasteiger partial charge in [-0.2, -0.15) is 9.61 Å². The van der Waals surface area contributed by atoms with Crippen LogP contribution in [0.1, 0.15) is 0 Å². The fraction of sp³-hybridized carbons (Fsp3) is 0. The molecule has 5 nitrogen and oxygen atoms in total. The van der Waals surface area contributed by atoms with Gasteiger partial charge in [-0.15, -0.1) is 10.2 Å².